The first-order valence-electron chi connectivity index (χ1n) is 10.8. The van der Waals surface area contributed by atoms with Crippen molar-refractivity contribution in [2.24, 2.45) is 0 Å². The van der Waals surface area contributed by atoms with Crippen molar-refractivity contribution in [2.75, 3.05) is 7.05 Å². The standard InChI is InChI=1S/C26H36N2O2/c1-7-23(25(30)27-6)28(18-21-10-8-9-19(2)17-21)24(29)16-13-20-11-14-22(15-12-20)26(3,4)5/h8-12,14-15,17,23H,7,13,16,18H2,1-6H3,(H,27,30). The minimum atomic E-state index is -0.466. The molecule has 2 aromatic rings. The van der Waals surface area contributed by atoms with Gasteiger partial charge < -0.3 is 10.2 Å². The fourth-order valence-corrected chi connectivity index (χ4v) is 3.66. The van der Waals surface area contributed by atoms with Crippen LogP contribution in [0.1, 0.15) is 62.8 Å². The van der Waals surface area contributed by atoms with Crippen molar-refractivity contribution in [3.8, 4) is 0 Å². The predicted octanol–water partition coefficient (Wildman–Crippen LogP) is 4.78. The highest BCUT2D eigenvalue weighted by Crippen LogP contribution is 2.23. The summed E-state index contributed by atoms with van der Waals surface area (Å²) in [6.07, 6.45) is 1.63. The van der Waals surface area contributed by atoms with Gasteiger partial charge in [-0.25, -0.2) is 0 Å². The Bertz CT molecular complexity index is 850. The highest BCUT2D eigenvalue weighted by atomic mass is 16.2. The average Bonchev–Trinajstić information content (AvgIpc) is 2.71. The first-order valence-corrected chi connectivity index (χ1v) is 10.8. The van der Waals surface area contributed by atoms with Gasteiger partial charge in [-0.2, -0.15) is 0 Å². The molecule has 2 aromatic carbocycles. The summed E-state index contributed by atoms with van der Waals surface area (Å²) < 4.78 is 0. The molecule has 4 nitrogen and oxygen atoms in total. The molecule has 0 aromatic heterocycles. The van der Waals surface area contributed by atoms with Crippen LogP contribution in [0.15, 0.2) is 48.5 Å². The van der Waals surface area contributed by atoms with Gasteiger partial charge in [0.05, 0.1) is 0 Å². The topological polar surface area (TPSA) is 49.4 Å². The lowest BCUT2D eigenvalue weighted by atomic mass is 9.86. The minimum absolute atomic E-state index is 0.00635. The number of rotatable bonds is 8. The highest BCUT2D eigenvalue weighted by Gasteiger charge is 2.27. The second-order valence-electron chi connectivity index (χ2n) is 9.00. The molecule has 2 amide bonds. The van der Waals surface area contributed by atoms with E-state index in [0.29, 0.717) is 25.8 Å². The van der Waals surface area contributed by atoms with Gasteiger partial charge in [0.2, 0.25) is 11.8 Å². The Morgan fingerprint density at radius 3 is 2.23 bits per heavy atom. The van der Waals surface area contributed by atoms with Crippen molar-refractivity contribution >= 4 is 11.8 Å². The van der Waals surface area contributed by atoms with Crippen LogP contribution < -0.4 is 5.32 Å². The van der Waals surface area contributed by atoms with Gasteiger partial charge in [0.25, 0.3) is 0 Å². The van der Waals surface area contributed by atoms with Gasteiger partial charge >= 0.3 is 0 Å². The average molecular weight is 409 g/mol. The van der Waals surface area contributed by atoms with Gasteiger partial charge in [-0.15, -0.1) is 0 Å². The summed E-state index contributed by atoms with van der Waals surface area (Å²) in [5.41, 5.74) is 4.72. The van der Waals surface area contributed by atoms with E-state index < -0.39 is 6.04 Å². The van der Waals surface area contributed by atoms with Crippen LogP contribution in [0.5, 0.6) is 0 Å². The zero-order chi connectivity index (χ0) is 22.3. The smallest absolute Gasteiger partial charge is 0.242 e. The van der Waals surface area contributed by atoms with Gasteiger partial charge in [-0.1, -0.05) is 81.8 Å². The molecule has 0 fully saturated rings. The summed E-state index contributed by atoms with van der Waals surface area (Å²) in [5, 5.41) is 2.71. The Morgan fingerprint density at radius 1 is 1.03 bits per heavy atom. The van der Waals surface area contributed by atoms with Crippen molar-refractivity contribution in [3.05, 3.63) is 70.8 Å². The molecule has 0 aliphatic rings. The third kappa shape index (κ3) is 6.45. The number of likely N-dealkylation sites (N-methyl/N-ethyl adjacent to an activating group) is 1. The molecule has 0 bridgehead atoms. The van der Waals surface area contributed by atoms with Crippen LogP contribution in [-0.2, 0) is 28.0 Å². The fraction of sp³-hybridized carbons (Fsp3) is 0.462. The number of carbonyl (C=O) groups excluding carboxylic acids is 2. The molecule has 0 aliphatic heterocycles. The Morgan fingerprint density at radius 2 is 1.70 bits per heavy atom. The second kappa shape index (κ2) is 10.4. The number of nitrogens with one attached hydrogen (secondary N) is 1. The number of nitrogens with zero attached hydrogens (tertiary/aromatic N) is 1. The van der Waals surface area contributed by atoms with E-state index in [0.717, 1.165) is 16.7 Å². The molecule has 0 saturated heterocycles. The van der Waals surface area contributed by atoms with Gasteiger partial charge in [-0.05, 0) is 41.9 Å². The maximum absolute atomic E-state index is 13.2. The van der Waals surface area contributed by atoms with Crippen molar-refractivity contribution in [3.63, 3.8) is 0 Å². The Labute approximate surface area is 181 Å². The van der Waals surface area contributed by atoms with Crippen LogP contribution in [0.2, 0.25) is 0 Å². The maximum atomic E-state index is 13.2. The van der Waals surface area contributed by atoms with Crippen molar-refractivity contribution in [1.82, 2.24) is 10.2 Å². The normalized spacial score (nSPS) is 12.3. The summed E-state index contributed by atoms with van der Waals surface area (Å²) in [6.45, 7) is 11.0. The summed E-state index contributed by atoms with van der Waals surface area (Å²) >= 11 is 0. The molecule has 0 aliphatic carbocycles. The van der Waals surface area contributed by atoms with E-state index in [1.807, 2.05) is 32.0 Å². The van der Waals surface area contributed by atoms with Crippen LogP contribution in [0.25, 0.3) is 0 Å². The maximum Gasteiger partial charge on any atom is 0.242 e. The van der Waals surface area contributed by atoms with Crippen LogP contribution in [0, 0.1) is 6.92 Å². The van der Waals surface area contributed by atoms with Gasteiger partial charge in [0, 0.05) is 20.0 Å². The molecule has 0 saturated carbocycles. The largest absolute Gasteiger partial charge is 0.357 e. The lowest BCUT2D eigenvalue weighted by Crippen LogP contribution is -2.48. The van der Waals surface area contributed by atoms with E-state index in [-0.39, 0.29) is 17.2 Å². The van der Waals surface area contributed by atoms with E-state index in [9.17, 15) is 9.59 Å². The molecule has 2 rings (SSSR count). The summed E-state index contributed by atoms with van der Waals surface area (Å²) in [7, 11) is 1.62. The second-order valence-corrected chi connectivity index (χ2v) is 9.00. The molecular weight excluding hydrogens is 372 g/mol. The first-order chi connectivity index (χ1) is 14.2. The summed E-state index contributed by atoms with van der Waals surface area (Å²) in [5.74, 6) is -0.111. The molecule has 0 spiro atoms. The zero-order valence-electron chi connectivity index (χ0n) is 19.3. The van der Waals surface area contributed by atoms with Gasteiger partial charge in [0.1, 0.15) is 6.04 Å². The van der Waals surface area contributed by atoms with Crippen molar-refractivity contribution < 1.29 is 9.59 Å². The third-order valence-corrected chi connectivity index (χ3v) is 5.52. The minimum Gasteiger partial charge on any atom is -0.357 e. The predicted molar refractivity (Wildman–Crippen MR) is 123 cm³/mol. The monoisotopic (exact) mass is 408 g/mol. The zero-order valence-corrected chi connectivity index (χ0v) is 19.3. The Hall–Kier alpha value is -2.62. The fourth-order valence-electron chi connectivity index (χ4n) is 3.66. The van der Waals surface area contributed by atoms with E-state index in [1.165, 1.54) is 5.56 Å². The molecule has 1 N–H and O–H groups in total. The number of aryl methyl sites for hydroxylation is 2. The van der Waals surface area contributed by atoms with Crippen LogP contribution in [0.3, 0.4) is 0 Å². The number of hydrogen-bond acceptors (Lipinski definition) is 2. The third-order valence-electron chi connectivity index (χ3n) is 5.52. The molecule has 0 radical (unpaired) electrons. The van der Waals surface area contributed by atoms with E-state index >= 15 is 0 Å². The lowest BCUT2D eigenvalue weighted by Gasteiger charge is -2.30. The molecule has 1 atom stereocenters. The van der Waals surface area contributed by atoms with Crippen molar-refractivity contribution in [2.45, 2.75) is 71.9 Å². The Kier molecular flexibility index (Phi) is 8.22. The van der Waals surface area contributed by atoms with Crippen LogP contribution in [-0.4, -0.2) is 29.8 Å². The molecule has 1 unspecified atom stereocenters. The van der Waals surface area contributed by atoms with Crippen LogP contribution >= 0.6 is 0 Å². The molecule has 162 valence electrons. The molecule has 30 heavy (non-hydrogen) atoms. The molecule has 0 heterocycles. The van der Waals surface area contributed by atoms with E-state index in [4.69, 9.17) is 0 Å². The quantitative estimate of drug-likeness (QED) is 0.683. The van der Waals surface area contributed by atoms with Gasteiger partial charge in [-0.3, -0.25) is 9.59 Å². The number of carbonyl (C=O) groups is 2. The number of amides is 2. The van der Waals surface area contributed by atoms with Crippen molar-refractivity contribution in [1.29, 1.82) is 0 Å². The Balaban J connectivity index is 2.16. The molecule has 4 heteroatoms. The number of hydrogen-bond donors (Lipinski definition) is 1. The van der Waals surface area contributed by atoms with Gasteiger partial charge in [0.15, 0.2) is 0 Å². The summed E-state index contributed by atoms with van der Waals surface area (Å²) in [6, 6.07) is 16.1. The summed E-state index contributed by atoms with van der Waals surface area (Å²) in [4.78, 5) is 27.4. The van der Waals surface area contributed by atoms with Crippen LogP contribution in [0.4, 0.5) is 0 Å². The SMILES string of the molecule is CCC(C(=O)NC)N(Cc1cccc(C)c1)C(=O)CCc1ccc(C(C)(C)C)cc1. The molecular formula is C26H36N2O2. The van der Waals surface area contributed by atoms with E-state index in [1.54, 1.807) is 11.9 Å². The van der Waals surface area contributed by atoms with E-state index in [2.05, 4.69) is 56.4 Å². The number of benzene rings is 2. The first kappa shape index (κ1) is 23.7. The highest BCUT2D eigenvalue weighted by molar-refractivity contribution is 5.87. The lowest BCUT2D eigenvalue weighted by molar-refractivity contribution is -0.141.